The zero-order valence-electron chi connectivity index (χ0n) is 25.4. The molecular formula is C32H30F2N6O5S. The van der Waals surface area contributed by atoms with Crippen LogP contribution in [-0.2, 0) is 22.9 Å². The number of methoxy groups -OCH3 is 2. The van der Waals surface area contributed by atoms with Crippen LogP contribution in [0.15, 0.2) is 84.3 Å². The minimum atomic E-state index is -1.22. The molecule has 0 spiro atoms. The lowest BCUT2D eigenvalue weighted by Gasteiger charge is -2.24. The van der Waals surface area contributed by atoms with E-state index in [0.29, 0.717) is 33.8 Å². The first kappa shape index (κ1) is 32.5. The molecular weight excluding hydrogens is 618 g/mol. The van der Waals surface area contributed by atoms with Gasteiger partial charge in [0, 0.05) is 33.7 Å². The maximum Gasteiger partial charge on any atom is 0.307 e. The molecule has 0 atom stereocenters. The van der Waals surface area contributed by atoms with Gasteiger partial charge in [-0.2, -0.15) is 4.39 Å². The first-order chi connectivity index (χ1) is 22.3. The molecule has 0 saturated heterocycles. The number of hydrogen-bond donors (Lipinski definition) is 0. The topological polar surface area (TPSA) is 114 Å². The average molecular weight is 649 g/mol. The van der Waals surface area contributed by atoms with Crippen LogP contribution >= 0.6 is 11.8 Å². The van der Waals surface area contributed by atoms with Crippen molar-refractivity contribution < 1.29 is 32.8 Å². The van der Waals surface area contributed by atoms with Gasteiger partial charge in [-0.15, -0.1) is 16.9 Å². The number of hydrogen-bond acceptors (Lipinski definition) is 10. The van der Waals surface area contributed by atoms with Crippen molar-refractivity contribution in [2.24, 2.45) is 0 Å². The summed E-state index contributed by atoms with van der Waals surface area (Å²) in [5.74, 6) is -0.677. The third-order valence-electron chi connectivity index (χ3n) is 6.62. The molecule has 0 fully saturated rings. The van der Waals surface area contributed by atoms with E-state index in [1.165, 1.54) is 37.6 Å². The van der Waals surface area contributed by atoms with Crippen LogP contribution in [0.4, 0.5) is 8.87 Å². The molecule has 3 aromatic carbocycles. The second kappa shape index (κ2) is 14.9. The molecule has 0 aliphatic rings. The maximum absolute atomic E-state index is 14.7. The van der Waals surface area contributed by atoms with Gasteiger partial charge in [-0.25, -0.2) is 19.6 Å². The number of carbonyl (C=O) groups excluding carboxylic acids is 1. The van der Waals surface area contributed by atoms with Crippen LogP contribution in [0.2, 0.25) is 0 Å². The van der Waals surface area contributed by atoms with Crippen molar-refractivity contribution in [2.45, 2.75) is 37.2 Å². The highest BCUT2D eigenvalue weighted by Gasteiger charge is 2.26. The van der Waals surface area contributed by atoms with Gasteiger partial charge in [-0.1, -0.05) is 66.0 Å². The van der Waals surface area contributed by atoms with E-state index in [0.717, 1.165) is 15.7 Å². The van der Waals surface area contributed by atoms with E-state index in [9.17, 15) is 13.7 Å². The number of carbonyl (C=O) groups is 1. The number of benzene rings is 3. The molecule has 46 heavy (non-hydrogen) atoms. The Morgan fingerprint density at radius 3 is 2.26 bits per heavy atom. The van der Waals surface area contributed by atoms with Gasteiger partial charge < -0.3 is 9.47 Å². The molecule has 11 nitrogen and oxygen atoms in total. The fraction of sp³-hybridized carbons (Fsp3) is 0.219. The number of nitrogens with zero attached hydrogens (tertiary/aromatic N) is 6. The average Bonchev–Trinajstić information content (AvgIpc) is 3.42. The minimum absolute atomic E-state index is 0.0130. The van der Waals surface area contributed by atoms with E-state index < -0.39 is 16.8 Å². The van der Waals surface area contributed by atoms with E-state index in [-0.39, 0.29) is 29.7 Å². The summed E-state index contributed by atoms with van der Waals surface area (Å²) in [5.41, 5.74) is 2.80. The largest absolute Gasteiger partial charge is 0.497 e. The van der Waals surface area contributed by atoms with Crippen LogP contribution in [0.1, 0.15) is 35.3 Å². The third kappa shape index (κ3) is 7.30. The number of ether oxygens (including phenoxy) is 2. The molecule has 1 amide bonds. The van der Waals surface area contributed by atoms with Crippen molar-refractivity contribution >= 4 is 17.7 Å². The third-order valence-corrected chi connectivity index (χ3v) is 7.80. The van der Waals surface area contributed by atoms with Crippen molar-refractivity contribution in [2.75, 3.05) is 14.2 Å². The van der Waals surface area contributed by atoms with Gasteiger partial charge in [0.25, 0.3) is 5.95 Å². The molecule has 0 radical (unpaired) electrons. The van der Waals surface area contributed by atoms with Gasteiger partial charge in [0.15, 0.2) is 5.69 Å². The highest BCUT2D eigenvalue weighted by molar-refractivity contribution is 8.00. The Bertz CT molecular complexity index is 1790. The summed E-state index contributed by atoms with van der Waals surface area (Å²) in [6.07, 6.45) is 4.03. The minimum Gasteiger partial charge on any atom is -0.497 e. The molecule has 5 rings (SSSR count). The lowest BCUT2D eigenvalue weighted by atomic mass is 9.95. The van der Waals surface area contributed by atoms with Crippen molar-refractivity contribution in [3.63, 3.8) is 0 Å². The van der Waals surface area contributed by atoms with Crippen LogP contribution in [-0.4, -0.2) is 55.8 Å². The highest BCUT2D eigenvalue weighted by atomic mass is 32.2. The molecule has 0 saturated carbocycles. The number of halogens is 2. The van der Waals surface area contributed by atoms with E-state index in [1.54, 1.807) is 49.6 Å². The Morgan fingerprint density at radius 2 is 1.63 bits per heavy atom. The molecule has 14 heteroatoms. The smallest absolute Gasteiger partial charge is 0.307 e. The molecule has 2 aromatic heterocycles. The van der Waals surface area contributed by atoms with Crippen molar-refractivity contribution in [1.82, 2.24) is 30.4 Å². The molecule has 0 N–H and O–H groups in total. The van der Waals surface area contributed by atoms with E-state index >= 15 is 0 Å². The Labute approximate surface area is 267 Å². The number of rotatable bonds is 13. The van der Waals surface area contributed by atoms with Gasteiger partial charge in [-0.05, 0) is 45.0 Å². The first-order valence-corrected chi connectivity index (χ1v) is 14.9. The fourth-order valence-electron chi connectivity index (χ4n) is 4.49. The predicted octanol–water partition coefficient (Wildman–Crippen LogP) is 6.50. The zero-order chi connectivity index (χ0) is 32.6. The van der Waals surface area contributed by atoms with Gasteiger partial charge >= 0.3 is 5.91 Å². The Hall–Kier alpha value is -4.92. The summed E-state index contributed by atoms with van der Waals surface area (Å²) in [5, 5.41) is 7.81. The van der Waals surface area contributed by atoms with E-state index in [1.807, 2.05) is 32.0 Å². The number of thioether (sulfide) groups is 1. The molecule has 2 heterocycles. The standard InChI is InChI=1S/C32H30F2N6O5S/c1-20(2)46-30-22(11-14-27(43-4)28(30)25-7-5-6-8-26(25)29-31(33)39(34)38-37-29)18-45-40(32(41)23-15-35-19-36-16-23)44-17-21-9-12-24(42-3)13-10-21/h5-16,19-20H,17-18H2,1-4H3. The Morgan fingerprint density at radius 1 is 0.935 bits per heavy atom. The van der Waals surface area contributed by atoms with Gasteiger partial charge in [-0.3, -0.25) is 4.79 Å². The van der Waals surface area contributed by atoms with Crippen LogP contribution in [0.5, 0.6) is 11.5 Å². The first-order valence-electron chi connectivity index (χ1n) is 14.0. The summed E-state index contributed by atoms with van der Waals surface area (Å²) < 4.78 is 39.5. The summed E-state index contributed by atoms with van der Waals surface area (Å²) in [6.45, 7) is 3.94. The van der Waals surface area contributed by atoms with E-state index in [2.05, 4.69) is 20.3 Å². The molecule has 5 aromatic rings. The Balaban J connectivity index is 1.52. The Kier molecular flexibility index (Phi) is 10.5. The van der Waals surface area contributed by atoms with Crippen molar-refractivity contribution in [3.05, 3.63) is 102 Å². The van der Waals surface area contributed by atoms with Crippen LogP contribution in [0.3, 0.4) is 0 Å². The SMILES string of the molecule is COc1ccc(CON(OCc2ccc(OC)c(-c3ccccc3-c3nnn(F)c3F)c2SC(C)C)C(=O)c2cncnc2)cc1. The normalized spacial score (nSPS) is 11.1. The van der Waals surface area contributed by atoms with E-state index in [4.69, 9.17) is 19.1 Å². The summed E-state index contributed by atoms with van der Waals surface area (Å²) in [6, 6.07) is 17.6. The summed E-state index contributed by atoms with van der Waals surface area (Å²) in [7, 11) is 3.10. The molecule has 238 valence electrons. The second-order valence-corrected chi connectivity index (χ2v) is 11.6. The summed E-state index contributed by atoms with van der Waals surface area (Å²) in [4.78, 5) is 33.5. The fourth-order valence-corrected chi connectivity index (χ4v) is 5.57. The van der Waals surface area contributed by atoms with Crippen molar-refractivity contribution in [1.29, 1.82) is 0 Å². The number of aromatic nitrogens is 5. The monoisotopic (exact) mass is 648 g/mol. The molecule has 0 unspecified atom stereocenters. The van der Waals surface area contributed by atoms with Crippen LogP contribution < -0.4 is 9.47 Å². The molecule has 0 aliphatic carbocycles. The summed E-state index contributed by atoms with van der Waals surface area (Å²) >= 11 is 1.51. The van der Waals surface area contributed by atoms with Gasteiger partial charge in [0.1, 0.15) is 31.0 Å². The molecule has 0 bridgehead atoms. The van der Waals surface area contributed by atoms with Crippen LogP contribution in [0, 0.1) is 5.95 Å². The lowest BCUT2D eigenvalue weighted by molar-refractivity contribution is -0.339. The zero-order valence-corrected chi connectivity index (χ0v) is 26.2. The maximum atomic E-state index is 14.7. The van der Waals surface area contributed by atoms with Crippen LogP contribution in [0.25, 0.3) is 22.4 Å². The molecule has 0 aliphatic heterocycles. The number of hydroxylamine groups is 2. The van der Waals surface area contributed by atoms with Crippen molar-refractivity contribution in [3.8, 4) is 33.9 Å². The lowest BCUT2D eigenvalue weighted by Crippen LogP contribution is -2.31. The predicted molar refractivity (Wildman–Crippen MR) is 166 cm³/mol. The number of amides is 1. The van der Waals surface area contributed by atoms with Gasteiger partial charge in [0.2, 0.25) is 0 Å². The second-order valence-electron chi connectivity index (χ2n) is 10.0. The highest BCUT2D eigenvalue weighted by Crippen LogP contribution is 2.46. The van der Waals surface area contributed by atoms with Gasteiger partial charge in [0.05, 0.1) is 19.8 Å². The quantitative estimate of drug-likeness (QED) is 0.104.